The monoisotopic (exact) mass is 502 g/mol. The van der Waals surface area contributed by atoms with E-state index in [4.69, 9.17) is 9.31 Å². The first kappa shape index (κ1) is 26.5. The van der Waals surface area contributed by atoms with Gasteiger partial charge in [-0.25, -0.2) is 0 Å². The van der Waals surface area contributed by atoms with Crippen molar-refractivity contribution in [2.75, 3.05) is 0 Å². The van der Waals surface area contributed by atoms with Gasteiger partial charge >= 0.3 is 7.12 Å². The number of rotatable bonds is 6. The fourth-order valence-corrected chi connectivity index (χ4v) is 9.05. The molecular formula is C28H47BN2O5. The Kier molecular flexibility index (Phi) is 6.40. The molecule has 0 radical (unpaired) electrons. The maximum Gasteiger partial charge on any atom is 0.457 e. The predicted molar refractivity (Wildman–Crippen MR) is 139 cm³/mol. The third-order valence-electron chi connectivity index (χ3n) is 10.7. The van der Waals surface area contributed by atoms with Crippen LogP contribution >= 0.6 is 0 Å². The Balaban J connectivity index is 1.29. The number of aliphatic hydroxyl groups excluding tert-OH is 1. The minimum absolute atomic E-state index is 0.0167. The lowest BCUT2D eigenvalue weighted by Gasteiger charge is -2.64. The number of amides is 2. The van der Waals surface area contributed by atoms with E-state index in [1.165, 1.54) is 13.3 Å². The summed E-state index contributed by atoms with van der Waals surface area (Å²) in [6.45, 7) is 14.4. The molecule has 5 saturated carbocycles. The lowest BCUT2D eigenvalue weighted by molar-refractivity contribution is -0.199. The van der Waals surface area contributed by atoms with Crippen molar-refractivity contribution in [3.8, 4) is 0 Å². The molecule has 0 aromatic rings. The zero-order chi connectivity index (χ0) is 26.3. The smallest absolute Gasteiger partial charge is 0.405 e. The number of carbonyl (C=O) groups excluding carboxylic acids is 2. The van der Waals surface area contributed by atoms with Gasteiger partial charge in [-0.2, -0.15) is 0 Å². The van der Waals surface area contributed by atoms with Crippen molar-refractivity contribution in [2.45, 2.75) is 129 Å². The lowest BCUT2D eigenvalue weighted by atomic mass is 9.43. The van der Waals surface area contributed by atoms with Crippen molar-refractivity contribution in [3.63, 3.8) is 0 Å². The van der Waals surface area contributed by atoms with Crippen LogP contribution in [0, 0.1) is 35.0 Å². The van der Waals surface area contributed by atoms with Crippen molar-refractivity contribution >= 4 is 18.9 Å². The van der Waals surface area contributed by atoms with Crippen LogP contribution in [0.3, 0.4) is 0 Å². The molecule has 202 valence electrons. The summed E-state index contributed by atoms with van der Waals surface area (Å²) in [7, 11) is -0.208. The van der Waals surface area contributed by atoms with E-state index < -0.39 is 11.1 Å². The number of nitrogens with one attached hydrogen (secondary N) is 2. The second-order valence-corrected chi connectivity index (χ2v) is 14.5. The van der Waals surface area contributed by atoms with Gasteiger partial charge in [-0.15, -0.1) is 0 Å². The first-order chi connectivity index (χ1) is 16.7. The summed E-state index contributed by atoms with van der Waals surface area (Å²) >= 11 is 0. The van der Waals surface area contributed by atoms with E-state index >= 15 is 0 Å². The first-order valence-corrected chi connectivity index (χ1v) is 14.3. The van der Waals surface area contributed by atoms with Gasteiger partial charge in [0.2, 0.25) is 11.8 Å². The number of hydrogen-bond acceptors (Lipinski definition) is 5. The Morgan fingerprint density at radius 2 is 1.83 bits per heavy atom. The van der Waals surface area contributed by atoms with Gasteiger partial charge < -0.3 is 25.0 Å². The van der Waals surface area contributed by atoms with Gasteiger partial charge in [0.1, 0.15) is 5.54 Å². The number of carbonyl (C=O) groups is 2. The van der Waals surface area contributed by atoms with Gasteiger partial charge in [-0.05, 0) is 108 Å². The van der Waals surface area contributed by atoms with Crippen molar-refractivity contribution in [1.29, 1.82) is 0 Å². The van der Waals surface area contributed by atoms with E-state index in [0.717, 1.165) is 31.5 Å². The minimum Gasteiger partial charge on any atom is -0.405 e. The number of aliphatic hydroxyl groups is 1. The van der Waals surface area contributed by atoms with Gasteiger partial charge in [-0.3, -0.25) is 9.59 Å². The summed E-state index contributed by atoms with van der Waals surface area (Å²) in [5, 5.41) is 16.7. The van der Waals surface area contributed by atoms with Gasteiger partial charge in [-0.1, -0.05) is 20.3 Å². The molecular weight excluding hydrogens is 455 g/mol. The van der Waals surface area contributed by atoms with E-state index in [1.54, 1.807) is 0 Å². The fraction of sp³-hybridized carbons (Fsp3) is 0.929. The normalized spacial score (nSPS) is 44.6. The summed E-state index contributed by atoms with van der Waals surface area (Å²) in [5.74, 6) is 1.47. The highest BCUT2D eigenvalue weighted by molar-refractivity contribution is 6.45. The molecule has 36 heavy (non-hydrogen) atoms. The molecule has 0 aromatic carbocycles. The molecule has 6 rings (SSSR count). The highest BCUT2D eigenvalue weighted by atomic mass is 16.7. The van der Waals surface area contributed by atoms with Crippen LogP contribution in [0.4, 0.5) is 0 Å². The minimum atomic E-state index is -0.933. The maximum atomic E-state index is 13.7. The standard InChI is InChI=1S/C28H47BN2O5/c1-16(32)30-28(24(34)31-25(2,3)4)15-17-11-19(33)14-20(17)21(28)9-8-10-29-35-23-13-18-12-22(26(18,5)6)27(23,7)36-29/h17-23,33H,8-15H2,1-7H3,(H,30,32)(H,31,34)/t17-,18+,19-,20-,21+,22+,23-,27+,28+/m1/s1. The third-order valence-corrected chi connectivity index (χ3v) is 10.7. The average Bonchev–Trinajstić information content (AvgIpc) is 3.34. The summed E-state index contributed by atoms with van der Waals surface area (Å²) in [6, 6.07) is 0. The van der Waals surface area contributed by atoms with Crippen LogP contribution in [0.5, 0.6) is 0 Å². The van der Waals surface area contributed by atoms with E-state index in [0.29, 0.717) is 30.6 Å². The summed E-state index contributed by atoms with van der Waals surface area (Å²) < 4.78 is 13.1. The SMILES string of the molecule is CC(=O)N[C@@]1(C(=O)NC(C)(C)C)C[C@H]2C[C@@H](O)C[C@H]2[C@@H]1CCCB1O[C@@H]2C[C@@H]3C[C@@H](C3(C)C)[C@]2(C)O1. The van der Waals surface area contributed by atoms with E-state index in [-0.39, 0.29) is 54.5 Å². The molecule has 9 atom stereocenters. The number of hydrogen-bond donors (Lipinski definition) is 3. The largest absolute Gasteiger partial charge is 0.457 e. The molecule has 6 fully saturated rings. The second-order valence-electron chi connectivity index (χ2n) is 14.5. The van der Waals surface area contributed by atoms with Crippen LogP contribution < -0.4 is 10.6 Å². The van der Waals surface area contributed by atoms with Crippen LogP contribution in [-0.2, 0) is 18.9 Å². The topological polar surface area (TPSA) is 96.9 Å². The molecule has 6 aliphatic rings. The summed E-state index contributed by atoms with van der Waals surface area (Å²) in [5.41, 5.74) is -1.21. The highest BCUT2D eigenvalue weighted by Crippen LogP contribution is 2.66. The van der Waals surface area contributed by atoms with Crippen molar-refractivity contribution in [1.82, 2.24) is 10.6 Å². The van der Waals surface area contributed by atoms with Gasteiger partial charge in [0.25, 0.3) is 0 Å². The summed E-state index contributed by atoms with van der Waals surface area (Å²) in [6.07, 6.45) is 6.64. The molecule has 3 N–H and O–H groups in total. The first-order valence-electron chi connectivity index (χ1n) is 14.3. The molecule has 5 aliphatic carbocycles. The van der Waals surface area contributed by atoms with Crippen LogP contribution in [0.1, 0.15) is 93.4 Å². The Bertz CT molecular complexity index is 905. The maximum absolute atomic E-state index is 13.7. The molecule has 2 amide bonds. The summed E-state index contributed by atoms with van der Waals surface area (Å²) in [4.78, 5) is 26.1. The predicted octanol–water partition coefficient (Wildman–Crippen LogP) is 3.69. The molecule has 0 aromatic heterocycles. The Labute approximate surface area is 217 Å². The third kappa shape index (κ3) is 4.23. The molecule has 7 nitrogen and oxygen atoms in total. The van der Waals surface area contributed by atoms with Crippen molar-refractivity contribution < 1.29 is 24.0 Å². The van der Waals surface area contributed by atoms with E-state index in [2.05, 4.69) is 31.4 Å². The van der Waals surface area contributed by atoms with Gasteiger partial charge in [0, 0.05) is 12.5 Å². The second kappa shape index (κ2) is 8.70. The molecule has 1 saturated heterocycles. The molecule has 1 heterocycles. The van der Waals surface area contributed by atoms with E-state index in [1.807, 2.05) is 20.8 Å². The molecule has 1 aliphatic heterocycles. The van der Waals surface area contributed by atoms with E-state index in [9.17, 15) is 14.7 Å². The zero-order valence-corrected chi connectivity index (χ0v) is 23.4. The van der Waals surface area contributed by atoms with Crippen LogP contribution in [-0.4, -0.2) is 52.9 Å². The Morgan fingerprint density at radius 1 is 1.11 bits per heavy atom. The number of fused-ring (bicyclic) bond motifs is 1. The molecule has 2 bridgehead atoms. The molecule has 0 spiro atoms. The van der Waals surface area contributed by atoms with Gasteiger partial charge in [0.15, 0.2) is 0 Å². The van der Waals surface area contributed by atoms with Crippen LogP contribution in [0.25, 0.3) is 0 Å². The zero-order valence-electron chi connectivity index (χ0n) is 23.4. The van der Waals surface area contributed by atoms with Crippen LogP contribution in [0.15, 0.2) is 0 Å². The lowest BCUT2D eigenvalue weighted by Crippen LogP contribution is -2.65. The fourth-order valence-electron chi connectivity index (χ4n) is 9.05. The Morgan fingerprint density at radius 3 is 2.47 bits per heavy atom. The Hall–Kier alpha value is -1.12. The van der Waals surface area contributed by atoms with Crippen LogP contribution in [0.2, 0.25) is 6.32 Å². The van der Waals surface area contributed by atoms with Gasteiger partial charge in [0.05, 0.1) is 17.8 Å². The average molecular weight is 503 g/mol. The molecule has 8 heteroatoms. The highest BCUT2D eigenvalue weighted by Gasteiger charge is 2.68. The quantitative estimate of drug-likeness (QED) is 0.482. The van der Waals surface area contributed by atoms with Crippen molar-refractivity contribution in [3.05, 3.63) is 0 Å². The molecule has 0 unspecified atom stereocenters. The van der Waals surface area contributed by atoms with Crippen molar-refractivity contribution in [2.24, 2.45) is 35.0 Å².